The number of nitrogens with zero attached hydrogens (tertiary/aromatic N) is 5. The minimum Gasteiger partial charge on any atom is -0.365 e. The Bertz CT molecular complexity index is 2330. The maximum Gasteiger partial charge on any atom is 0.263 e. The molecule has 6 aliphatic rings. The molecule has 1 saturated heterocycles. The van der Waals surface area contributed by atoms with Gasteiger partial charge in [-0.3, -0.25) is 14.4 Å². The third kappa shape index (κ3) is 8.56. The Morgan fingerprint density at radius 2 is 1.02 bits per heavy atom. The molecular weight excluding hydrogens is 856 g/mol. The number of carbonyl (C=O) groups excluding carboxylic acids is 3. The lowest BCUT2D eigenvalue weighted by molar-refractivity contribution is -0.180. The highest BCUT2D eigenvalue weighted by Crippen LogP contribution is 2.45. The topological polar surface area (TPSA) is 85.9 Å². The van der Waals surface area contributed by atoms with E-state index in [4.69, 9.17) is 55.9 Å². The SMILES string of the molecule is CC(=O)N1CC(OCc2cc(Cl)ccc2Cl)(C(=O)N2CCN(C3CC3)c3ccccc32)C1.O=C(N1CCN(C2CC2)c2ccccc21)C1(OCc2cc(Cl)ccc2Cl)CCC1. The van der Waals surface area contributed by atoms with Gasteiger partial charge in [0.1, 0.15) is 5.60 Å². The van der Waals surface area contributed by atoms with E-state index in [9.17, 15) is 14.4 Å². The Hall–Kier alpha value is -4.03. The van der Waals surface area contributed by atoms with Crippen molar-refractivity contribution in [2.24, 2.45) is 0 Å². The summed E-state index contributed by atoms with van der Waals surface area (Å²) in [4.78, 5) is 49.7. The van der Waals surface area contributed by atoms with Crippen LogP contribution >= 0.6 is 46.4 Å². The molecule has 3 amide bonds. The van der Waals surface area contributed by atoms with E-state index in [0.717, 1.165) is 55.0 Å². The average molecular weight is 906 g/mol. The number of amides is 3. The van der Waals surface area contributed by atoms with Crippen molar-refractivity contribution in [2.75, 3.05) is 58.9 Å². The van der Waals surface area contributed by atoms with Crippen LogP contribution in [0, 0.1) is 0 Å². The van der Waals surface area contributed by atoms with Crippen LogP contribution in [0.4, 0.5) is 22.7 Å². The summed E-state index contributed by atoms with van der Waals surface area (Å²) in [6, 6.07) is 28.0. The number of hydrogen-bond acceptors (Lipinski definition) is 7. The number of anilines is 4. The smallest absolute Gasteiger partial charge is 0.263 e. The molecule has 14 heteroatoms. The highest BCUT2D eigenvalue weighted by atomic mass is 35.5. The zero-order valence-electron chi connectivity index (χ0n) is 34.1. The number of benzene rings is 4. The van der Waals surface area contributed by atoms with E-state index in [0.29, 0.717) is 50.8 Å². The molecule has 3 heterocycles. The van der Waals surface area contributed by atoms with Crippen LogP contribution in [-0.4, -0.2) is 85.2 Å². The molecule has 10 rings (SSSR count). The lowest BCUT2D eigenvalue weighted by atomic mass is 9.78. The van der Waals surface area contributed by atoms with Crippen molar-refractivity contribution in [1.29, 1.82) is 0 Å². The zero-order chi connectivity index (χ0) is 42.5. The van der Waals surface area contributed by atoms with Gasteiger partial charge in [-0.2, -0.15) is 0 Å². The van der Waals surface area contributed by atoms with Gasteiger partial charge >= 0.3 is 0 Å². The van der Waals surface area contributed by atoms with Gasteiger partial charge in [0.05, 0.1) is 49.1 Å². The molecular formula is C47H49Cl4N5O5. The number of para-hydroxylation sites is 4. The first-order valence-corrected chi connectivity index (χ1v) is 22.7. The van der Waals surface area contributed by atoms with Gasteiger partial charge in [-0.1, -0.05) is 70.7 Å². The number of rotatable bonds is 10. The van der Waals surface area contributed by atoms with E-state index in [-0.39, 0.29) is 44.0 Å². The van der Waals surface area contributed by atoms with Crippen molar-refractivity contribution >= 4 is 86.9 Å². The van der Waals surface area contributed by atoms with Crippen molar-refractivity contribution in [3.05, 3.63) is 116 Å². The van der Waals surface area contributed by atoms with E-state index < -0.39 is 11.2 Å². The van der Waals surface area contributed by atoms with Crippen molar-refractivity contribution in [3.63, 3.8) is 0 Å². The van der Waals surface area contributed by atoms with Crippen LogP contribution in [0.5, 0.6) is 0 Å². The molecule has 4 aromatic rings. The first-order valence-electron chi connectivity index (χ1n) is 21.2. The van der Waals surface area contributed by atoms with Crippen LogP contribution < -0.4 is 19.6 Å². The minimum atomic E-state index is -1.10. The fraction of sp³-hybridized carbons (Fsp3) is 0.426. The monoisotopic (exact) mass is 903 g/mol. The molecule has 61 heavy (non-hydrogen) atoms. The molecule has 0 radical (unpaired) electrons. The molecule has 4 aromatic carbocycles. The Morgan fingerprint density at radius 3 is 1.43 bits per heavy atom. The van der Waals surface area contributed by atoms with Crippen molar-refractivity contribution in [3.8, 4) is 0 Å². The van der Waals surface area contributed by atoms with Crippen LogP contribution in [0.15, 0.2) is 84.9 Å². The number of likely N-dealkylation sites (tertiary alicyclic amines) is 1. The second-order valence-electron chi connectivity index (χ2n) is 17.0. The van der Waals surface area contributed by atoms with Gasteiger partial charge in [0.25, 0.3) is 11.8 Å². The number of fused-ring (bicyclic) bond motifs is 2. The maximum atomic E-state index is 13.9. The van der Waals surface area contributed by atoms with Gasteiger partial charge in [-0.25, -0.2) is 0 Å². The van der Waals surface area contributed by atoms with Crippen LogP contribution in [0.25, 0.3) is 0 Å². The van der Waals surface area contributed by atoms with Crippen LogP contribution in [0.3, 0.4) is 0 Å². The number of halogens is 4. The summed E-state index contributed by atoms with van der Waals surface area (Å²) in [6.07, 6.45) is 7.38. The molecule has 0 N–H and O–H groups in total. The predicted octanol–water partition coefficient (Wildman–Crippen LogP) is 9.57. The third-order valence-electron chi connectivity index (χ3n) is 12.9. The summed E-state index contributed by atoms with van der Waals surface area (Å²) in [5.74, 6) is -0.113. The summed E-state index contributed by atoms with van der Waals surface area (Å²) in [5, 5.41) is 2.31. The maximum absolute atomic E-state index is 13.9. The Labute approximate surface area is 377 Å². The number of hydrogen-bond donors (Lipinski definition) is 0. The Kier molecular flexibility index (Phi) is 12.0. The molecule has 0 atom stereocenters. The fourth-order valence-electron chi connectivity index (χ4n) is 8.95. The normalized spacial score (nSPS) is 19.8. The quantitative estimate of drug-likeness (QED) is 0.157. The third-order valence-corrected chi connectivity index (χ3v) is 14.1. The zero-order valence-corrected chi connectivity index (χ0v) is 37.2. The average Bonchev–Trinajstić information content (AvgIpc) is 4.17. The van der Waals surface area contributed by atoms with E-state index >= 15 is 0 Å². The van der Waals surface area contributed by atoms with Crippen molar-refractivity contribution in [2.45, 2.75) is 88.4 Å². The van der Waals surface area contributed by atoms with Gasteiger partial charge in [-0.15, -0.1) is 0 Å². The Balaban J connectivity index is 0.000000157. The first-order chi connectivity index (χ1) is 29.4. The molecule has 10 nitrogen and oxygen atoms in total. The van der Waals surface area contributed by atoms with Gasteiger partial charge in [0.2, 0.25) is 5.91 Å². The molecule has 0 bridgehead atoms. The van der Waals surface area contributed by atoms with Crippen molar-refractivity contribution < 1.29 is 23.9 Å². The summed E-state index contributed by atoms with van der Waals surface area (Å²) in [6.45, 7) is 5.35. The van der Waals surface area contributed by atoms with Gasteiger partial charge < -0.3 is 34.0 Å². The minimum absolute atomic E-state index is 0.0724. The van der Waals surface area contributed by atoms with E-state index in [1.807, 2.05) is 40.1 Å². The van der Waals surface area contributed by atoms with E-state index in [2.05, 4.69) is 34.1 Å². The van der Waals surface area contributed by atoms with Crippen molar-refractivity contribution in [1.82, 2.24) is 4.90 Å². The predicted molar refractivity (Wildman–Crippen MR) is 242 cm³/mol. The molecule has 320 valence electrons. The summed E-state index contributed by atoms with van der Waals surface area (Å²) in [7, 11) is 0. The number of ether oxygens (including phenoxy) is 2. The highest BCUT2D eigenvalue weighted by Gasteiger charge is 2.55. The lowest BCUT2D eigenvalue weighted by Gasteiger charge is -2.50. The van der Waals surface area contributed by atoms with Crippen LogP contribution in [0.2, 0.25) is 20.1 Å². The fourth-order valence-corrected chi connectivity index (χ4v) is 9.68. The summed E-state index contributed by atoms with van der Waals surface area (Å²) >= 11 is 24.8. The van der Waals surface area contributed by atoms with Gasteiger partial charge in [0.15, 0.2) is 5.60 Å². The second kappa shape index (κ2) is 17.3. The first kappa shape index (κ1) is 42.3. The van der Waals surface area contributed by atoms with Gasteiger partial charge in [0, 0.05) is 65.3 Å². The molecule has 3 aliphatic heterocycles. The van der Waals surface area contributed by atoms with E-state index in [1.54, 1.807) is 35.2 Å². The lowest BCUT2D eigenvalue weighted by Crippen LogP contribution is -2.71. The molecule has 0 unspecified atom stereocenters. The van der Waals surface area contributed by atoms with Gasteiger partial charge in [-0.05, 0) is 117 Å². The molecule has 0 spiro atoms. The molecule has 3 saturated carbocycles. The van der Waals surface area contributed by atoms with Crippen LogP contribution in [-0.2, 0) is 37.1 Å². The standard InChI is InChI=1S/C24H25Cl2N3O3.C23H24Cl2N2O2/c1-16(30)27-14-24(15-27,32-13-17-12-18(25)6-9-20(17)26)23(31)29-11-10-28(19-7-8-19)21-4-2-3-5-22(21)29;24-17-6-9-19(25)16(14-17)15-29-23(10-3-11-23)22(28)27-13-12-26(18-7-8-18)20-4-1-2-5-21(20)27/h2-6,9,12,19H,7-8,10-11,13-15H2,1H3;1-2,4-6,9,14,18H,3,7-8,10-13,15H2. The molecule has 0 aromatic heterocycles. The number of carbonyl (C=O) groups is 3. The van der Waals surface area contributed by atoms with Crippen LogP contribution in [0.1, 0.15) is 63.0 Å². The molecule has 4 fully saturated rings. The molecule has 3 aliphatic carbocycles. The summed E-state index contributed by atoms with van der Waals surface area (Å²) in [5.41, 5.74) is 3.83. The van der Waals surface area contributed by atoms with E-state index in [1.165, 1.54) is 38.3 Å². The Morgan fingerprint density at radius 1 is 0.590 bits per heavy atom. The largest absolute Gasteiger partial charge is 0.365 e. The summed E-state index contributed by atoms with van der Waals surface area (Å²) < 4.78 is 12.5. The second-order valence-corrected chi connectivity index (χ2v) is 18.7. The highest BCUT2D eigenvalue weighted by molar-refractivity contribution is 6.34.